The largest absolute Gasteiger partial charge is 0.135 e. The van der Waals surface area contributed by atoms with Crippen LogP contribution in [-0.4, -0.2) is 11.0 Å². The molecule has 0 saturated heterocycles. The van der Waals surface area contributed by atoms with Crippen LogP contribution in [0.25, 0.3) is 0 Å². The fourth-order valence-electron chi connectivity index (χ4n) is 1.29. The van der Waals surface area contributed by atoms with E-state index in [1.54, 1.807) is 23.5 Å². The van der Waals surface area contributed by atoms with Crippen LogP contribution >= 0.6 is 95.8 Å². The van der Waals surface area contributed by atoms with Crippen molar-refractivity contribution < 1.29 is 0 Å². The molecule has 3 aliphatic rings. The maximum absolute atomic E-state index is 4.43. The summed E-state index contributed by atoms with van der Waals surface area (Å²) in [5, 5.41) is 0.735. The fourth-order valence-corrected chi connectivity index (χ4v) is 11.0. The van der Waals surface area contributed by atoms with Gasteiger partial charge in [0.25, 0.3) is 0 Å². The van der Waals surface area contributed by atoms with Crippen LogP contribution in [0.4, 0.5) is 0 Å². The van der Waals surface area contributed by atoms with E-state index in [0.717, 1.165) is 13.7 Å². The molecule has 92 valence electrons. The van der Waals surface area contributed by atoms with Gasteiger partial charge in [-0.1, -0.05) is 54.0 Å². The van der Waals surface area contributed by atoms with Crippen LogP contribution in [0.1, 0.15) is 6.92 Å². The molecule has 17 heavy (non-hydrogen) atoms. The van der Waals surface area contributed by atoms with Crippen LogP contribution in [0.2, 0.25) is 0 Å². The van der Waals surface area contributed by atoms with Crippen molar-refractivity contribution in [2.45, 2.75) is 12.2 Å². The van der Waals surface area contributed by atoms with Crippen molar-refractivity contribution in [1.29, 1.82) is 0 Å². The van der Waals surface area contributed by atoms with E-state index in [1.165, 1.54) is 22.7 Å². The standard InChI is InChI=1S/C9H8S8/c1-3-2-12-6-7(13-3)17-9(16-6)8-14-4(10)5(11)15-8/h3,10-11H,2H2,1H3. The quantitative estimate of drug-likeness (QED) is 0.493. The first-order chi connectivity index (χ1) is 8.13. The lowest BCUT2D eigenvalue weighted by atomic mass is 10.6. The van der Waals surface area contributed by atoms with Gasteiger partial charge in [0.1, 0.15) is 0 Å². The summed E-state index contributed by atoms with van der Waals surface area (Å²) >= 11 is 20.2. The Morgan fingerprint density at radius 3 is 2.18 bits per heavy atom. The normalized spacial score (nSPS) is 29.5. The lowest BCUT2D eigenvalue weighted by Gasteiger charge is -2.16. The first-order valence-corrected chi connectivity index (χ1v) is 10.8. The summed E-state index contributed by atoms with van der Waals surface area (Å²) in [6.45, 7) is 2.30. The van der Waals surface area contributed by atoms with Crippen molar-refractivity contribution >= 4 is 95.8 Å². The minimum absolute atomic E-state index is 0.735. The minimum atomic E-state index is 0.735. The van der Waals surface area contributed by atoms with Crippen LogP contribution in [-0.2, 0) is 0 Å². The first-order valence-electron chi connectivity index (χ1n) is 4.75. The molecule has 0 bridgehead atoms. The van der Waals surface area contributed by atoms with E-state index in [-0.39, 0.29) is 0 Å². The third-order valence-corrected chi connectivity index (χ3v) is 12.3. The number of hydrogen-bond acceptors (Lipinski definition) is 8. The Balaban J connectivity index is 1.77. The van der Waals surface area contributed by atoms with E-state index in [9.17, 15) is 0 Å². The molecule has 0 radical (unpaired) electrons. The second-order valence-corrected chi connectivity index (χ2v) is 12.5. The van der Waals surface area contributed by atoms with Gasteiger partial charge in [-0.15, -0.1) is 48.8 Å². The molecule has 0 aromatic rings. The van der Waals surface area contributed by atoms with E-state index in [1.807, 2.05) is 47.0 Å². The molecule has 0 aromatic heterocycles. The molecule has 0 nitrogen and oxygen atoms in total. The Morgan fingerprint density at radius 1 is 0.882 bits per heavy atom. The molecular formula is C9H8S8. The van der Waals surface area contributed by atoms with Crippen molar-refractivity contribution in [3.05, 3.63) is 25.4 Å². The molecule has 0 N–H and O–H groups in total. The molecule has 0 spiro atoms. The smallest absolute Gasteiger partial charge is 0.0717 e. The van der Waals surface area contributed by atoms with Gasteiger partial charge in [0.2, 0.25) is 0 Å². The monoisotopic (exact) mass is 372 g/mol. The molecule has 8 heteroatoms. The van der Waals surface area contributed by atoms with Crippen molar-refractivity contribution in [1.82, 2.24) is 0 Å². The average molecular weight is 373 g/mol. The first kappa shape index (κ1) is 14.0. The van der Waals surface area contributed by atoms with Crippen molar-refractivity contribution in [2.75, 3.05) is 5.75 Å². The summed E-state index contributed by atoms with van der Waals surface area (Å²) in [5.74, 6) is 1.23. The second kappa shape index (κ2) is 5.79. The number of rotatable bonds is 0. The van der Waals surface area contributed by atoms with Gasteiger partial charge >= 0.3 is 0 Å². The molecular weight excluding hydrogens is 365 g/mol. The van der Waals surface area contributed by atoms with Crippen LogP contribution in [0, 0.1) is 0 Å². The Kier molecular flexibility index (Phi) is 4.76. The Bertz CT molecular complexity index is 444. The highest BCUT2D eigenvalue weighted by Gasteiger charge is 2.31. The lowest BCUT2D eigenvalue weighted by molar-refractivity contribution is 1.14. The fraction of sp³-hybridized carbons (Fsp3) is 0.333. The zero-order chi connectivity index (χ0) is 12.0. The van der Waals surface area contributed by atoms with Crippen molar-refractivity contribution in [3.63, 3.8) is 0 Å². The van der Waals surface area contributed by atoms with Crippen LogP contribution < -0.4 is 0 Å². The van der Waals surface area contributed by atoms with Crippen LogP contribution in [0.15, 0.2) is 25.4 Å². The molecule has 3 rings (SSSR count). The lowest BCUT2D eigenvalue weighted by Crippen LogP contribution is -2.02. The summed E-state index contributed by atoms with van der Waals surface area (Å²) in [4.78, 5) is 0. The zero-order valence-corrected chi connectivity index (χ0v) is 15.3. The Hall–Kier alpha value is 2.02. The predicted octanol–water partition coefficient (Wildman–Crippen LogP) is 6.05. The maximum Gasteiger partial charge on any atom is 0.0717 e. The number of thiol groups is 2. The maximum atomic E-state index is 4.43. The average Bonchev–Trinajstić information content (AvgIpc) is 2.83. The van der Waals surface area contributed by atoms with E-state index < -0.39 is 0 Å². The van der Waals surface area contributed by atoms with Crippen LogP contribution in [0.3, 0.4) is 0 Å². The summed E-state index contributed by atoms with van der Waals surface area (Å²) in [5.41, 5.74) is 0. The molecule has 1 unspecified atom stereocenters. The summed E-state index contributed by atoms with van der Waals surface area (Å²) < 4.78 is 7.81. The van der Waals surface area contributed by atoms with E-state index in [0.29, 0.717) is 0 Å². The zero-order valence-electron chi connectivity index (χ0n) is 8.63. The highest BCUT2D eigenvalue weighted by Crippen LogP contribution is 2.66. The molecule has 0 amide bonds. The molecule has 0 aliphatic carbocycles. The van der Waals surface area contributed by atoms with E-state index in [4.69, 9.17) is 0 Å². The summed E-state index contributed by atoms with van der Waals surface area (Å²) in [6.07, 6.45) is 0. The van der Waals surface area contributed by atoms with E-state index in [2.05, 4.69) is 32.2 Å². The van der Waals surface area contributed by atoms with Gasteiger partial charge in [-0.05, 0) is 0 Å². The van der Waals surface area contributed by atoms with Crippen LogP contribution in [0.5, 0.6) is 0 Å². The second-order valence-electron chi connectivity index (χ2n) is 3.41. The number of thioether (sulfide) groups is 6. The molecule has 0 aromatic carbocycles. The van der Waals surface area contributed by atoms with Gasteiger partial charge in [-0.2, -0.15) is 0 Å². The Labute approximate surface area is 138 Å². The molecule has 0 saturated carbocycles. The predicted molar refractivity (Wildman–Crippen MR) is 98.9 cm³/mol. The molecule has 1 atom stereocenters. The van der Waals surface area contributed by atoms with Gasteiger partial charge in [-0.3, -0.25) is 0 Å². The van der Waals surface area contributed by atoms with Crippen molar-refractivity contribution in [3.8, 4) is 0 Å². The SMILES string of the molecule is CC1CSC2=C(SC(=C3SC(S)=C(S)S3)S2)S1. The third-order valence-electron chi connectivity index (χ3n) is 2.02. The van der Waals surface area contributed by atoms with E-state index >= 15 is 0 Å². The van der Waals surface area contributed by atoms with Gasteiger partial charge in [0, 0.05) is 11.0 Å². The molecule has 3 aliphatic heterocycles. The topological polar surface area (TPSA) is 0 Å². The highest BCUT2D eigenvalue weighted by molar-refractivity contribution is 8.44. The van der Waals surface area contributed by atoms with Gasteiger partial charge in [0.15, 0.2) is 0 Å². The highest BCUT2D eigenvalue weighted by atomic mass is 32.3. The van der Waals surface area contributed by atoms with Gasteiger partial charge < -0.3 is 0 Å². The minimum Gasteiger partial charge on any atom is -0.135 e. The summed E-state index contributed by atoms with van der Waals surface area (Å²) in [6, 6.07) is 0. The van der Waals surface area contributed by atoms with Crippen molar-refractivity contribution in [2.24, 2.45) is 0 Å². The van der Waals surface area contributed by atoms with Gasteiger partial charge in [0.05, 0.1) is 25.4 Å². The van der Waals surface area contributed by atoms with Gasteiger partial charge in [-0.25, -0.2) is 0 Å². The third kappa shape index (κ3) is 3.04. The molecule has 0 fully saturated rings. The summed E-state index contributed by atoms with van der Waals surface area (Å²) in [7, 11) is 0. The molecule has 3 heterocycles. The Morgan fingerprint density at radius 2 is 1.47 bits per heavy atom. The number of hydrogen-bond donors (Lipinski definition) is 2.